The molecule has 1 amide bonds. The van der Waals surface area contributed by atoms with Crippen LogP contribution in [-0.2, 0) is 18.3 Å². The van der Waals surface area contributed by atoms with Gasteiger partial charge in [0.25, 0.3) is 5.56 Å². The van der Waals surface area contributed by atoms with Gasteiger partial charge >= 0.3 is 0 Å². The van der Waals surface area contributed by atoms with Gasteiger partial charge in [-0.05, 0) is 24.6 Å². The predicted octanol–water partition coefficient (Wildman–Crippen LogP) is 3.01. The molecular formula is C19H18ClN3O2. The van der Waals surface area contributed by atoms with Crippen molar-refractivity contribution < 1.29 is 4.79 Å². The van der Waals surface area contributed by atoms with Crippen LogP contribution in [0.25, 0.3) is 10.8 Å². The standard InChI is InChI=1S/C19H18ClN3O2/c1-12(13-7-5-6-10-16(13)20)21-18(24)11-17-14-8-3-4-9-15(14)19(25)23(2)22-17/h3-10,12H,11H2,1-2H3,(H,21,24)/t12-/m0/s1. The minimum absolute atomic E-state index is 0.0867. The van der Waals surface area contributed by atoms with Gasteiger partial charge in [0.1, 0.15) is 0 Å². The van der Waals surface area contributed by atoms with Gasteiger partial charge in [-0.25, -0.2) is 4.68 Å². The Labute approximate surface area is 150 Å². The molecule has 3 rings (SSSR count). The maximum atomic E-state index is 12.5. The number of nitrogens with zero attached hydrogens (tertiary/aromatic N) is 2. The van der Waals surface area contributed by atoms with E-state index in [9.17, 15) is 9.59 Å². The Morgan fingerprint density at radius 2 is 1.80 bits per heavy atom. The molecule has 1 N–H and O–H groups in total. The number of rotatable bonds is 4. The number of halogens is 1. The molecule has 0 saturated carbocycles. The normalized spacial score (nSPS) is 12.1. The van der Waals surface area contributed by atoms with Gasteiger partial charge in [0.15, 0.2) is 0 Å². The molecule has 0 aliphatic rings. The number of hydrogen-bond donors (Lipinski definition) is 1. The van der Waals surface area contributed by atoms with Gasteiger partial charge in [0.05, 0.1) is 23.5 Å². The smallest absolute Gasteiger partial charge is 0.274 e. The van der Waals surface area contributed by atoms with Crippen molar-refractivity contribution in [3.8, 4) is 0 Å². The Bertz CT molecular complexity index is 997. The first-order chi connectivity index (χ1) is 12.0. The predicted molar refractivity (Wildman–Crippen MR) is 98.7 cm³/mol. The van der Waals surface area contributed by atoms with Crippen LogP contribution in [0.4, 0.5) is 0 Å². The molecule has 3 aromatic rings. The molecule has 1 heterocycles. The molecule has 1 aromatic heterocycles. The second-order valence-electron chi connectivity index (χ2n) is 5.91. The van der Waals surface area contributed by atoms with Crippen LogP contribution in [0.3, 0.4) is 0 Å². The average Bonchev–Trinajstić information content (AvgIpc) is 2.59. The van der Waals surface area contributed by atoms with Crippen molar-refractivity contribution in [2.45, 2.75) is 19.4 Å². The van der Waals surface area contributed by atoms with Crippen molar-refractivity contribution in [1.82, 2.24) is 15.1 Å². The molecule has 0 aliphatic heterocycles. The number of nitrogens with one attached hydrogen (secondary N) is 1. The highest BCUT2D eigenvalue weighted by molar-refractivity contribution is 6.31. The molecule has 128 valence electrons. The van der Waals surface area contributed by atoms with Crippen LogP contribution in [0.2, 0.25) is 5.02 Å². The SMILES string of the molecule is C[C@H](NC(=O)Cc1nn(C)c(=O)c2ccccc12)c1ccccc1Cl. The van der Waals surface area contributed by atoms with E-state index < -0.39 is 0 Å². The molecule has 1 atom stereocenters. The maximum absolute atomic E-state index is 12.5. The van der Waals surface area contributed by atoms with Gasteiger partial charge < -0.3 is 5.32 Å². The number of aryl methyl sites for hydroxylation is 1. The quantitative estimate of drug-likeness (QED) is 0.782. The number of hydrogen-bond acceptors (Lipinski definition) is 3. The van der Waals surface area contributed by atoms with Gasteiger partial charge in [-0.3, -0.25) is 9.59 Å². The number of carbonyl (C=O) groups excluding carboxylic acids is 1. The van der Waals surface area contributed by atoms with E-state index in [1.54, 1.807) is 25.2 Å². The summed E-state index contributed by atoms with van der Waals surface area (Å²) in [4.78, 5) is 24.6. The molecule has 25 heavy (non-hydrogen) atoms. The van der Waals surface area contributed by atoms with E-state index in [4.69, 9.17) is 11.6 Å². The van der Waals surface area contributed by atoms with Crippen LogP contribution in [0.5, 0.6) is 0 Å². The molecule has 0 radical (unpaired) electrons. The molecule has 2 aromatic carbocycles. The fourth-order valence-electron chi connectivity index (χ4n) is 2.86. The zero-order chi connectivity index (χ0) is 18.0. The van der Waals surface area contributed by atoms with Crippen molar-refractivity contribution in [2.24, 2.45) is 7.05 Å². The topological polar surface area (TPSA) is 64.0 Å². The number of benzene rings is 2. The van der Waals surface area contributed by atoms with E-state index in [-0.39, 0.29) is 23.9 Å². The van der Waals surface area contributed by atoms with E-state index >= 15 is 0 Å². The first kappa shape index (κ1) is 17.2. The highest BCUT2D eigenvalue weighted by atomic mass is 35.5. The third kappa shape index (κ3) is 3.56. The monoisotopic (exact) mass is 355 g/mol. The Morgan fingerprint density at radius 3 is 2.52 bits per heavy atom. The average molecular weight is 356 g/mol. The van der Waals surface area contributed by atoms with Gasteiger partial charge in [-0.15, -0.1) is 0 Å². The number of aromatic nitrogens is 2. The molecule has 6 heteroatoms. The van der Waals surface area contributed by atoms with Crippen molar-refractivity contribution >= 4 is 28.3 Å². The zero-order valence-corrected chi connectivity index (χ0v) is 14.7. The van der Waals surface area contributed by atoms with Crippen LogP contribution >= 0.6 is 11.6 Å². The molecule has 0 saturated heterocycles. The minimum atomic E-state index is -0.222. The third-order valence-electron chi connectivity index (χ3n) is 4.11. The maximum Gasteiger partial charge on any atom is 0.274 e. The highest BCUT2D eigenvalue weighted by Crippen LogP contribution is 2.22. The fraction of sp³-hybridized carbons (Fsp3) is 0.211. The number of fused-ring (bicyclic) bond motifs is 1. The van der Waals surface area contributed by atoms with E-state index in [0.29, 0.717) is 21.5 Å². The van der Waals surface area contributed by atoms with E-state index in [2.05, 4.69) is 10.4 Å². The van der Waals surface area contributed by atoms with Crippen LogP contribution in [0.1, 0.15) is 24.2 Å². The lowest BCUT2D eigenvalue weighted by Gasteiger charge is -2.16. The van der Waals surface area contributed by atoms with Gasteiger partial charge in [0, 0.05) is 17.5 Å². The van der Waals surface area contributed by atoms with E-state index in [1.165, 1.54) is 4.68 Å². The van der Waals surface area contributed by atoms with Crippen LogP contribution in [-0.4, -0.2) is 15.7 Å². The Balaban J connectivity index is 1.84. The van der Waals surface area contributed by atoms with E-state index in [1.807, 2.05) is 37.3 Å². The lowest BCUT2D eigenvalue weighted by molar-refractivity contribution is -0.121. The van der Waals surface area contributed by atoms with Crippen LogP contribution in [0, 0.1) is 0 Å². The fourth-order valence-corrected chi connectivity index (χ4v) is 3.15. The molecule has 0 aliphatic carbocycles. The second-order valence-corrected chi connectivity index (χ2v) is 6.32. The molecule has 0 spiro atoms. The summed E-state index contributed by atoms with van der Waals surface area (Å²) in [7, 11) is 1.59. The first-order valence-electron chi connectivity index (χ1n) is 7.96. The Hall–Kier alpha value is -2.66. The van der Waals surface area contributed by atoms with Gasteiger partial charge in [-0.1, -0.05) is 48.0 Å². The summed E-state index contributed by atoms with van der Waals surface area (Å²) in [5, 5.41) is 9.06. The van der Waals surface area contributed by atoms with Crippen molar-refractivity contribution in [1.29, 1.82) is 0 Å². The van der Waals surface area contributed by atoms with Gasteiger partial charge in [0.2, 0.25) is 5.91 Å². The molecule has 0 fully saturated rings. The van der Waals surface area contributed by atoms with Crippen molar-refractivity contribution in [2.75, 3.05) is 0 Å². The highest BCUT2D eigenvalue weighted by Gasteiger charge is 2.16. The molecule has 0 bridgehead atoms. The lowest BCUT2D eigenvalue weighted by Crippen LogP contribution is -2.30. The first-order valence-corrected chi connectivity index (χ1v) is 8.34. The summed E-state index contributed by atoms with van der Waals surface area (Å²) >= 11 is 6.18. The number of carbonyl (C=O) groups is 1. The van der Waals surface area contributed by atoms with E-state index in [0.717, 1.165) is 5.56 Å². The minimum Gasteiger partial charge on any atom is -0.349 e. The third-order valence-corrected chi connectivity index (χ3v) is 4.45. The second kappa shape index (κ2) is 7.07. The summed E-state index contributed by atoms with van der Waals surface area (Å²) in [5.74, 6) is -0.177. The summed E-state index contributed by atoms with van der Waals surface area (Å²) in [6.45, 7) is 1.88. The lowest BCUT2D eigenvalue weighted by atomic mass is 10.1. The Kier molecular flexibility index (Phi) is 4.86. The van der Waals surface area contributed by atoms with Crippen LogP contribution in [0.15, 0.2) is 53.3 Å². The van der Waals surface area contributed by atoms with Crippen molar-refractivity contribution in [3.63, 3.8) is 0 Å². The molecular weight excluding hydrogens is 338 g/mol. The largest absolute Gasteiger partial charge is 0.349 e. The summed E-state index contributed by atoms with van der Waals surface area (Å²) < 4.78 is 1.27. The van der Waals surface area contributed by atoms with Crippen LogP contribution < -0.4 is 10.9 Å². The Morgan fingerprint density at radius 1 is 1.16 bits per heavy atom. The number of amides is 1. The summed E-state index contributed by atoms with van der Waals surface area (Å²) in [6.07, 6.45) is 0.0867. The van der Waals surface area contributed by atoms with Crippen molar-refractivity contribution in [3.05, 3.63) is 75.2 Å². The van der Waals surface area contributed by atoms with Gasteiger partial charge in [-0.2, -0.15) is 5.10 Å². The summed E-state index contributed by atoms with van der Waals surface area (Å²) in [5.41, 5.74) is 1.25. The molecule has 0 unspecified atom stereocenters. The molecule has 5 nitrogen and oxygen atoms in total. The summed E-state index contributed by atoms with van der Waals surface area (Å²) in [6, 6.07) is 14.4. The zero-order valence-electron chi connectivity index (χ0n) is 14.0.